The minimum atomic E-state index is -3.92. The number of carboxylic acid groups (broad SMARTS) is 1. The molecule has 0 radical (unpaired) electrons. The molecule has 42 heavy (non-hydrogen) atoms. The van der Waals surface area contributed by atoms with Gasteiger partial charge in [-0.1, -0.05) is 31.2 Å². The second kappa shape index (κ2) is 13.2. The molecule has 224 valence electrons. The fourth-order valence-electron chi connectivity index (χ4n) is 4.07. The number of aromatic nitrogens is 4. The predicted octanol–water partition coefficient (Wildman–Crippen LogP) is 2.47. The Balaban J connectivity index is 1.41. The number of carboxylic acids is 1. The Morgan fingerprint density at radius 3 is 2.50 bits per heavy atom. The predicted molar refractivity (Wildman–Crippen MR) is 150 cm³/mol. The summed E-state index contributed by atoms with van der Waals surface area (Å²) in [4.78, 5) is 29.2. The van der Waals surface area contributed by atoms with Crippen LogP contribution in [0.1, 0.15) is 31.1 Å². The molecule has 4 N–H and O–H groups in total. The van der Waals surface area contributed by atoms with Gasteiger partial charge in [-0.25, -0.2) is 32.4 Å². The van der Waals surface area contributed by atoms with Crippen molar-refractivity contribution in [2.45, 2.75) is 43.3 Å². The van der Waals surface area contributed by atoms with Gasteiger partial charge < -0.3 is 19.9 Å². The van der Waals surface area contributed by atoms with Gasteiger partial charge in [-0.2, -0.15) is 0 Å². The van der Waals surface area contributed by atoms with Crippen LogP contribution in [0.3, 0.4) is 0 Å². The van der Waals surface area contributed by atoms with Gasteiger partial charge in [0.25, 0.3) is 10.0 Å². The number of ether oxygens (including phenoxy) is 2. The number of nitrogens with one attached hydrogen (secondary N) is 1. The van der Waals surface area contributed by atoms with E-state index in [0.717, 1.165) is 11.3 Å². The Hall–Kier alpha value is -4.15. The third kappa shape index (κ3) is 7.77. The minimum Gasteiger partial charge on any atom is -0.491 e. The van der Waals surface area contributed by atoms with E-state index in [1.54, 1.807) is 62.5 Å². The van der Waals surface area contributed by atoms with E-state index in [1.165, 1.54) is 4.68 Å². The number of halogens is 1. The van der Waals surface area contributed by atoms with E-state index in [4.69, 9.17) is 14.6 Å². The van der Waals surface area contributed by atoms with Gasteiger partial charge in [-0.3, -0.25) is 4.79 Å². The zero-order valence-electron chi connectivity index (χ0n) is 22.6. The topological polar surface area (TPSA) is 189 Å². The Morgan fingerprint density at radius 2 is 1.86 bits per heavy atom. The lowest BCUT2D eigenvalue weighted by atomic mass is 10.0. The number of hydrogen-bond donors (Lipinski definition) is 3. The summed E-state index contributed by atoms with van der Waals surface area (Å²) < 4.78 is 48.2. The largest absolute Gasteiger partial charge is 0.491 e. The first-order chi connectivity index (χ1) is 19.9. The monoisotopic (exact) mass is 619 g/mol. The zero-order valence-corrected chi connectivity index (χ0v) is 24.3. The number of sulfonamides is 1. The summed E-state index contributed by atoms with van der Waals surface area (Å²) in [6, 6.07) is 9.34. The van der Waals surface area contributed by atoms with Crippen molar-refractivity contribution in [2.75, 3.05) is 13.3 Å². The van der Waals surface area contributed by atoms with Crippen LogP contribution in [0.2, 0.25) is 0 Å². The van der Waals surface area contributed by atoms with Gasteiger partial charge >= 0.3 is 5.97 Å². The second-order valence-electron chi connectivity index (χ2n) is 9.61. The standard InChI is InChI=1S/C26H29FN6O7S2/c1-15(2)23(24(34)29-21(25(35)36)11-16-3-5-18(6-4-16)39-10-9-27)33-13-17(31-32-33)14-40-19-7-8-20-22(12-19)41-26(30-20)42(28,37)38/h3-8,12-13,15,21,23H,9-11,14H2,1-2H3,(H,29,34)(H,35,36)(H2,28,37,38)/t21-,23-/m0/s1/i27-1. The van der Waals surface area contributed by atoms with Gasteiger partial charge in [0.2, 0.25) is 10.2 Å². The van der Waals surface area contributed by atoms with Crippen LogP contribution in [0.15, 0.2) is 53.0 Å². The van der Waals surface area contributed by atoms with Gasteiger partial charge in [0, 0.05) is 6.42 Å². The average molecular weight is 620 g/mol. The molecular weight excluding hydrogens is 590 g/mol. The highest BCUT2D eigenvalue weighted by molar-refractivity contribution is 7.91. The van der Waals surface area contributed by atoms with E-state index >= 15 is 0 Å². The number of nitrogens with two attached hydrogens (primary N) is 1. The summed E-state index contributed by atoms with van der Waals surface area (Å²) >= 11 is 0.924. The van der Waals surface area contributed by atoms with Crippen molar-refractivity contribution in [3.8, 4) is 11.5 Å². The molecule has 0 spiro atoms. The van der Waals surface area contributed by atoms with Crippen LogP contribution in [0.4, 0.5) is 4.39 Å². The van der Waals surface area contributed by atoms with Crippen LogP contribution in [-0.4, -0.2) is 64.7 Å². The second-order valence-corrected chi connectivity index (χ2v) is 12.4. The Labute approximate surface area is 244 Å². The van der Waals surface area contributed by atoms with Crippen LogP contribution >= 0.6 is 11.3 Å². The van der Waals surface area contributed by atoms with Crippen LogP contribution in [0.25, 0.3) is 10.2 Å². The van der Waals surface area contributed by atoms with Crippen molar-refractivity contribution in [3.05, 3.63) is 59.9 Å². The van der Waals surface area contributed by atoms with Crippen LogP contribution in [0.5, 0.6) is 11.5 Å². The number of amides is 1. The molecule has 2 heterocycles. The normalized spacial score (nSPS) is 13.2. The minimum absolute atomic E-state index is 0.00157. The maximum absolute atomic E-state index is 13.2. The van der Waals surface area contributed by atoms with E-state index < -0.39 is 40.7 Å². The van der Waals surface area contributed by atoms with Gasteiger partial charge in [0.1, 0.15) is 49.2 Å². The first kappa shape index (κ1) is 30.8. The van der Waals surface area contributed by atoms with E-state index in [2.05, 4.69) is 20.6 Å². The highest BCUT2D eigenvalue weighted by Gasteiger charge is 2.30. The summed E-state index contributed by atoms with van der Waals surface area (Å²) in [5.41, 5.74) is 1.52. The number of nitrogens with zero attached hydrogens (tertiary/aromatic N) is 4. The Bertz CT molecular complexity index is 1660. The highest BCUT2D eigenvalue weighted by atomic mass is 32.2. The fourth-order valence-corrected chi connectivity index (χ4v) is 5.75. The van der Waals surface area contributed by atoms with Crippen molar-refractivity contribution < 1.29 is 37.0 Å². The van der Waals surface area contributed by atoms with Crippen LogP contribution in [0, 0.1) is 5.92 Å². The Morgan fingerprint density at radius 1 is 1.14 bits per heavy atom. The molecule has 0 saturated carbocycles. The number of thiazole rings is 1. The van der Waals surface area contributed by atoms with E-state index in [-0.39, 0.29) is 29.9 Å². The molecular formula is C26H29FN6O7S2. The maximum atomic E-state index is 13.2. The SMILES string of the molecule is CC(C)[C@@H](C(=O)N[C@@H](Cc1ccc(OCC[18F])cc1)C(=O)O)n1cc(COc2ccc3nc(S(N)(=O)=O)sc3c2)nn1. The number of fused-ring (bicyclic) bond motifs is 1. The summed E-state index contributed by atoms with van der Waals surface area (Å²) in [5, 5.41) is 25.7. The summed E-state index contributed by atoms with van der Waals surface area (Å²) in [5.74, 6) is -1.11. The first-order valence-electron chi connectivity index (χ1n) is 12.7. The van der Waals surface area contributed by atoms with E-state index in [1.807, 2.05) is 0 Å². The molecule has 1 amide bonds. The number of carbonyl (C=O) groups is 2. The first-order valence-corrected chi connectivity index (χ1v) is 15.1. The molecule has 4 rings (SSSR count). The number of rotatable bonds is 14. The molecule has 0 aliphatic carbocycles. The van der Waals surface area contributed by atoms with Gasteiger partial charge in [0.05, 0.1) is 16.4 Å². The molecule has 4 aromatic rings. The molecule has 0 unspecified atom stereocenters. The van der Waals surface area contributed by atoms with Crippen molar-refractivity contribution in [2.24, 2.45) is 11.1 Å². The molecule has 2 aromatic heterocycles. The number of benzene rings is 2. The molecule has 0 aliphatic heterocycles. The van der Waals surface area contributed by atoms with Gasteiger partial charge in [-0.05, 0) is 41.8 Å². The van der Waals surface area contributed by atoms with Crippen LogP contribution < -0.4 is 19.9 Å². The quantitative estimate of drug-likeness (QED) is 0.189. The van der Waals surface area contributed by atoms with Crippen molar-refractivity contribution >= 4 is 43.5 Å². The third-order valence-corrected chi connectivity index (χ3v) is 8.37. The molecule has 13 nitrogen and oxygen atoms in total. The maximum Gasteiger partial charge on any atom is 0.326 e. The smallest absolute Gasteiger partial charge is 0.326 e. The molecule has 0 bridgehead atoms. The third-order valence-electron chi connectivity index (χ3n) is 6.04. The van der Waals surface area contributed by atoms with Gasteiger partial charge in [0.15, 0.2) is 0 Å². The van der Waals surface area contributed by atoms with E-state index in [0.29, 0.717) is 33.0 Å². The molecule has 16 heteroatoms. The fraction of sp³-hybridized carbons (Fsp3) is 0.346. The lowest BCUT2D eigenvalue weighted by Gasteiger charge is -2.23. The molecule has 2 aromatic carbocycles. The van der Waals surface area contributed by atoms with E-state index in [9.17, 15) is 27.5 Å². The van der Waals surface area contributed by atoms with Crippen molar-refractivity contribution in [1.82, 2.24) is 25.3 Å². The summed E-state index contributed by atoms with van der Waals surface area (Å²) in [7, 11) is -3.92. The van der Waals surface area contributed by atoms with Crippen molar-refractivity contribution in [1.29, 1.82) is 0 Å². The summed E-state index contributed by atoms with van der Waals surface area (Å²) in [6.07, 6.45) is 1.56. The molecule has 2 atom stereocenters. The average Bonchev–Trinajstić information content (AvgIpc) is 3.58. The number of primary sulfonamides is 1. The lowest BCUT2D eigenvalue weighted by molar-refractivity contribution is -0.142. The summed E-state index contributed by atoms with van der Waals surface area (Å²) in [6.45, 7) is 2.90. The Kier molecular flexibility index (Phi) is 9.70. The van der Waals surface area contributed by atoms with Gasteiger partial charge in [-0.15, -0.1) is 16.4 Å². The number of aliphatic carboxylic acids is 1. The number of hydrogen-bond acceptors (Lipinski definition) is 10. The molecule has 0 fully saturated rings. The van der Waals surface area contributed by atoms with Crippen molar-refractivity contribution in [3.63, 3.8) is 0 Å². The molecule has 0 aliphatic rings. The number of alkyl halides is 1. The number of carbonyl (C=O) groups excluding carboxylic acids is 1. The van der Waals surface area contributed by atoms with Crippen LogP contribution in [-0.2, 0) is 32.6 Å². The molecule has 0 saturated heterocycles. The lowest BCUT2D eigenvalue weighted by Crippen LogP contribution is -2.46. The zero-order chi connectivity index (χ0) is 30.4. The highest BCUT2D eigenvalue weighted by Crippen LogP contribution is 2.28.